The van der Waals surface area contributed by atoms with Crippen molar-refractivity contribution in [3.63, 3.8) is 0 Å². The molecule has 0 radical (unpaired) electrons. The van der Waals surface area contributed by atoms with Gasteiger partial charge in [-0.3, -0.25) is 4.79 Å². The van der Waals surface area contributed by atoms with E-state index >= 15 is 0 Å². The van der Waals surface area contributed by atoms with Gasteiger partial charge in [0.25, 0.3) is 0 Å². The average Bonchev–Trinajstić information content (AvgIpc) is 2.44. The number of amides is 1. The molecule has 0 aliphatic rings. The molecule has 2 N–H and O–H groups in total. The molecule has 0 bridgehead atoms. The molecule has 0 spiro atoms. The summed E-state index contributed by atoms with van der Waals surface area (Å²) in [6.07, 6.45) is 0.306. The largest absolute Gasteiger partial charge is 0.492 e. The number of carbonyl (C=O) groups excluding carboxylic acids is 1. The molecule has 0 atom stereocenters. The number of rotatable bonds is 9. The van der Waals surface area contributed by atoms with Crippen LogP contribution < -0.4 is 10.5 Å². The van der Waals surface area contributed by atoms with Crippen molar-refractivity contribution < 1.29 is 18.7 Å². The fourth-order valence-corrected chi connectivity index (χ4v) is 1.65. The average molecular weight is 321 g/mol. The van der Waals surface area contributed by atoms with Crippen LogP contribution in [0, 0.1) is 5.82 Å². The Bertz CT molecular complexity index is 404. The van der Waals surface area contributed by atoms with Gasteiger partial charge in [0.05, 0.1) is 13.2 Å². The van der Waals surface area contributed by atoms with Crippen molar-refractivity contribution in [2.75, 3.05) is 40.0 Å². The quantitative estimate of drug-likeness (QED) is 0.748. The number of nitrogens with zero attached hydrogens (tertiary/aromatic N) is 1. The Hall–Kier alpha value is -1.37. The van der Waals surface area contributed by atoms with Crippen LogP contribution in [0.15, 0.2) is 24.3 Å². The van der Waals surface area contributed by atoms with Crippen LogP contribution in [0.25, 0.3) is 0 Å². The van der Waals surface area contributed by atoms with Crippen LogP contribution in [0.4, 0.5) is 4.39 Å². The maximum Gasteiger partial charge on any atom is 0.224 e. The van der Waals surface area contributed by atoms with Gasteiger partial charge in [0.15, 0.2) is 0 Å². The zero-order valence-corrected chi connectivity index (χ0v) is 12.9. The van der Waals surface area contributed by atoms with Crippen LogP contribution in [0.5, 0.6) is 5.75 Å². The summed E-state index contributed by atoms with van der Waals surface area (Å²) in [6.45, 7) is 2.07. The summed E-state index contributed by atoms with van der Waals surface area (Å²) < 4.78 is 23.2. The molecule has 1 aromatic carbocycles. The number of halogens is 2. The summed E-state index contributed by atoms with van der Waals surface area (Å²) in [4.78, 5) is 13.5. The highest BCUT2D eigenvalue weighted by Crippen LogP contribution is 2.10. The van der Waals surface area contributed by atoms with Gasteiger partial charge in [0.1, 0.15) is 18.2 Å². The maximum absolute atomic E-state index is 12.7. The molecule has 21 heavy (non-hydrogen) atoms. The van der Waals surface area contributed by atoms with Gasteiger partial charge >= 0.3 is 0 Å². The Morgan fingerprint density at radius 2 is 1.86 bits per heavy atom. The van der Waals surface area contributed by atoms with Gasteiger partial charge in [-0.15, -0.1) is 12.4 Å². The molecule has 0 unspecified atom stereocenters. The topological polar surface area (TPSA) is 64.8 Å². The molecule has 0 saturated carbocycles. The van der Waals surface area contributed by atoms with Crippen molar-refractivity contribution in [3.05, 3.63) is 30.1 Å². The Morgan fingerprint density at radius 3 is 2.43 bits per heavy atom. The van der Waals surface area contributed by atoms with E-state index < -0.39 is 0 Å². The van der Waals surface area contributed by atoms with E-state index in [0.717, 1.165) is 0 Å². The van der Waals surface area contributed by atoms with E-state index in [1.807, 2.05) is 0 Å². The fraction of sp³-hybridized carbons (Fsp3) is 0.500. The predicted octanol–water partition coefficient (Wildman–Crippen LogP) is 1.45. The molecular weight excluding hydrogens is 299 g/mol. The highest BCUT2D eigenvalue weighted by molar-refractivity contribution is 5.85. The van der Waals surface area contributed by atoms with Crippen molar-refractivity contribution in [1.82, 2.24) is 4.90 Å². The molecule has 120 valence electrons. The lowest BCUT2D eigenvalue weighted by Gasteiger charge is -2.22. The summed E-state index contributed by atoms with van der Waals surface area (Å²) in [5.74, 6) is 0.244. The number of benzene rings is 1. The van der Waals surface area contributed by atoms with E-state index in [1.54, 1.807) is 24.1 Å². The number of nitrogens with two attached hydrogens (primary N) is 1. The molecular formula is C14H22ClFN2O3. The van der Waals surface area contributed by atoms with Crippen LogP contribution in [0.2, 0.25) is 0 Å². The van der Waals surface area contributed by atoms with Gasteiger partial charge in [-0.25, -0.2) is 4.39 Å². The van der Waals surface area contributed by atoms with Crippen molar-refractivity contribution in [1.29, 1.82) is 0 Å². The molecule has 0 aliphatic carbocycles. The zero-order valence-electron chi connectivity index (χ0n) is 12.1. The van der Waals surface area contributed by atoms with Crippen LogP contribution in [0.3, 0.4) is 0 Å². The Labute approximate surface area is 130 Å². The Kier molecular flexibility index (Phi) is 10.6. The Balaban J connectivity index is 0.00000400. The third kappa shape index (κ3) is 7.84. The summed E-state index contributed by atoms with van der Waals surface area (Å²) in [6, 6.07) is 5.77. The normalized spacial score (nSPS) is 9.86. The first-order valence-electron chi connectivity index (χ1n) is 6.52. The first-order chi connectivity index (χ1) is 9.67. The van der Waals surface area contributed by atoms with Gasteiger partial charge in [-0.05, 0) is 24.3 Å². The van der Waals surface area contributed by atoms with E-state index in [0.29, 0.717) is 45.0 Å². The summed E-state index contributed by atoms with van der Waals surface area (Å²) >= 11 is 0. The summed E-state index contributed by atoms with van der Waals surface area (Å²) in [5.41, 5.74) is 5.38. The molecule has 0 aliphatic heterocycles. The standard InChI is InChI=1S/C14H21FN2O3.ClH/c1-19-10-8-17(14(18)6-7-16)9-11-20-13-4-2-12(15)3-5-13;/h2-5H,6-11,16H2,1H3;1H. The van der Waals surface area contributed by atoms with Gasteiger partial charge in [-0.2, -0.15) is 0 Å². The second kappa shape index (κ2) is 11.3. The van der Waals surface area contributed by atoms with Crippen molar-refractivity contribution in [2.45, 2.75) is 6.42 Å². The highest BCUT2D eigenvalue weighted by atomic mass is 35.5. The summed E-state index contributed by atoms with van der Waals surface area (Å²) in [5, 5.41) is 0. The molecule has 0 saturated heterocycles. The SMILES string of the molecule is COCCN(CCOc1ccc(F)cc1)C(=O)CCN.Cl. The van der Waals surface area contributed by atoms with Crippen molar-refractivity contribution >= 4 is 18.3 Å². The Morgan fingerprint density at radius 1 is 1.24 bits per heavy atom. The molecule has 0 aromatic heterocycles. The highest BCUT2D eigenvalue weighted by Gasteiger charge is 2.12. The van der Waals surface area contributed by atoms with Gasteiger partial charge in [0, 0.05) is 26.6 Å². The van der Waals surface area contributed by atoms with Crippen LogP contribution >= 0.6 is 12.4 Å². The van der Waals surface area contributed by atoms with Crippen molar-refractivity contribution in [3.8, 4) is 5.75 Å². The molecule has 0 fully saturated rings. The first kappa shape index (κ1) is 19.6. The number of hydrogen-bond donors (Lipinski definition) is 1. The maximum atomic E-state index is 12.7. The fourth-order valence-electron chi connectivity index (χ4n) is 1.65. The van der Waals surface area contributed by atoms with Crippen LogP contribution in [-0.2, 0) is 9.53 Å². The lowest BCUT2D eigenvalue weighted by molar-refractivity contribution is -0.132. The lowest BCUT2D eigenvalue weighted by Crippen LogP contribution is -2.37. The lowest BCUT2D eigenvalue weighted by atomic mass is 10.3. The zero-order chi connectivity index (χ0) is 14.8. The summed E-state index contributed by atoms with van der Waals surface area (Å²) in [7, 11) is 1.58. The molecule has 1 aromatic rings. The van der Waals surface area contributed by atoms with Gasteiger partial charge in [-0.1, -0.05) is 0 Å². The van der Waals surface area contributed by atoms with E-state index in [4.69, 9.17) is 15.2 Å². The van der Waals surface area contributed by atoms with Crippen LogP contribution in [-0.4, -0.2) is 50.8 Å². The van der Waals surface area contributed by atoms with E-state index in [1.165, 1.54) is 12.1 Å². The predicted molar refractivity (Wildman–Crippen MR) is 81.3 cm³/mol. The first-order valence-corrected chi connectivity index (χ1v) is 6.52. The molecule has 1 rings (SSSR count). The van der Waals surface area contributed by atoms with Gasteiger partial charge < -0.3 is 20.1 Å². The number of hydrogen-bond acceptors (Lipinski definition) is 4. The minimum atomic E-state index is -0.308. The second-order valence-corrected chi connectivity index (χ2v) is 4.21. The van der Waals surface area contributed by atoms with Crippen LogP contribution in [0.1, 0.15) is 6.42 Å². The molecule has 5 nitrogen and oxygen atoms in total. The van der Waals surface area contributed by atoms with E-state index in [2.05, 4.69) is 0 Å². The monoisotopic (exact) mass is 320 g/mol. The van der Waals surface area contributed by atoms with Crippen molar-refractivity contribution in [2.24, 2.45) is 5.73 Å². The van der Waals surface area contributed by atoms with Gasteiger partial charge in [0.2, 0.25) is 5.91 Å². The minimum absolute atomic E-state index is 0. The third-order valence-electron chi connectivity index (χ3n) is 2.72. The molecule has 1 amide bonds. The second-order valence-electron chi connectivity index (χ2n) is 4.21. The molecule has 7 heteroatoms. The molecule has 0 heterocycles. The van der Waals surface area contributed by atoms with E-state index in [9.17, 15) is 9.18 Å². The number of methoxy groups -OCH3 is 1. The number of ether oxygens (including phenoxy) is 2. The third-order valence-corrected chi connectivity index (χ3v) is 2.72. The smallest absolute Gasteiger partial charge is 0.224 e. The minimum Gasteiger partial charge on any atom is -0.492 e. The van der Waals surface area contributed by atoms with E-state index in [-0.39, 0.29) is 24.1 Å². The number of carbonyl (C=O) groups is 1.